The Morgan fingerprint density at radius 1 is 1.00 bits per heavy atom. The van der Waals surface area contributed by atoms with Crippen LogP contribution in [-0.4, -0.2) is 34.5 Å². The van der Waals surface area contributed by atoms with E-state index in [0.717, 1.165) is 10.8 Å². The zero-order valence-corrected chi connectivity index (χ0v) is 20.2. The van der Waals surface area contributed by atoms with Crippen LogP contribution in [0.15, 0.2) is 85.1 Å². The number of benzene rings is 3. The summed E-state index contributed by atoms with van der Waals surface area (Å²) >= 11 is 6.22. The highest BCUT2D eigenvalue weighted by Crippen LogP contribution is 2.32. The van der Waals surface area contributed by atoms with Gasteiger partial charge in [0.1, 0.15) is 29.5 Å². The van der Waals surface area contributed by atoms with Crippen molar-refractivity contribution in [2.45, 2.75) is 6.92 Å². The van der Waals surface area contributed by atoms with Crippen LogP contribution in [0.4, 0.5) is 5.82 Å². The summed E-state index contributed by atoms with van der Waals surface area (Å²) in [6.45, 7) is 2.00. The Kier molecular flexibility index (Phi) is 6.56. The number of carbonyl (C=O) groups is 2. The molecule has 0 fully saturated rings. The summed E-state index contributed by atoms with van der Waals surface area (Å²) in [6.07, 6.45) is 1.71. The first-order valence-electron chi connectivity index (χ1n) is 11.4. The number of nitrogens with one attached hydrogen (secondary N) is 1. The second kappa shape index (κ2) is 10.1. The Hall–Kier alpha value is -4.36. The molecule has 5 rings (SSSR count). The molecule has 5 aromatic rings. The van der Waals surface area contributed by atoms with E-state index in [4.69, 9.17) is 26.1 Å². The molecule has 0 amide bonds. The number of fused-ring (bicyclic) bond motifs is 2. The van der Waals surface area contributed by atoms with Crippen molar-refractivity contribution in [3.05, 3.63) is 95.6 Å². The van der Waals surface area contributed by atoms with Crippen molar-refractivity contribution >= 4 is 45.8 Å². The lowest BCUT2D eigenvalue weighted by atomic mass is 10.0. The minimum atomic E-state index is -0.452. The highest BCUT2D eigenvalue weighted by molar-refractivity contribution is 6.30. The minimum Gasteiger partial charge on any atom is -0.465 e. The van der Waals surface area contributed by atoms with Gasteiger partial charge in [0.2, 0.25) is 0 Å². The molecule has 0 radical (unpaired) electrons. The molecule has 36 heavy (non-hydrogen) atoms. The maximum atomic E-state index is 13.0. The average molecular weight is 500 g/mol. The molecular weight excluding hydrogens is 478 g/mol. The van der Waals surface area contributed by atoms with Crippen molar-refractivity contribution in [3.8, 4) is 17.0 Å². The lowest BCUT2D eigenvalue weighted by molar-refractivity contribution is -0.140. The smallest absolute Gasteiger partial charge is 0.344 e. The van der Waals surface area contributed by atoms with Crippen molar-refractivity contribution < 1.29 is 19.1 Å². The molecule has 180 valence electrons. The lowest BCUT2D eigenvalue weighted by Crippen LogP contribution is -2.17. The summed E-state index contributed by atoms with van der Waals surface area (Å²) < 4.78 is 12.6. The Bertz CT molecular complexity index is 1590. The van der Waals surface area contributed by atoms with Crippen LogP contribution in [0.25, 0.3) is 27.7 Å². The van der Waals surface area contributed by atoms with Crippen molar-refractivity contribution in [3.63, 3.8) is 0 Å². The Balaban J connectivity index is 1.48. The summed E-state index contributed by atoms with van der Waals surface area (Å²) in [4.78, 5) is 29.8. The van der Waals surface area contributed by atoms with Crippen LogP contribution >= 0.6 is 11.6 Å². The molecule has 0 spiro atoms. The van der Waals surface area contributed by atoms with Gasteiger partial charge in [0.15, 0.2) is 0 Å². The molecule has 0 aliphatic heterocycles. The van der Waals surface area contributed by atoms with Crippen molar-refractivity contribution in [1.29, 1.82) is 0 Å². The third-order valence-electron chi connectivity index (χ3n) is 5.62. The van der Waals surface area contributed by atoms with Gasteiger partial charge in [0.05, 0.1) is 17.2 Å². The summed E-state index contributed by atoms with van der Waals surface area (Å²) in [6, 6.07) is 23.8. The molecule has 1 N–H and O–H groups in total. The quantitative estimate of drug-likeness (QED) is 0.218. The Morgan fingerprint density at radius 2 is 1.81 bits per heavy atom. The first-order chi connectivity index (χ1) is 17.5. The van der Waals surface area contributed by atoms with E-state index in [-0.39, 0.29) is 13.2 Å². The number of pyridine rings is 1. The molecule has 0 saturated heterocycles. The van der Waals surface area contributed by atoms with Crippen LogP contribution in [0.2, 0.25) is 5.02 Å². The van der Waals surface area contributed by atoms with Crippen LogP contribution in [-0.2, 0) is 9.53 Å². The Morgan fingerprint density at radius 3 is 2.67 bits per heavy atom. The fourth-order valence-corrected chi connectivity index (χ4v) is 4.19. The maximum absolute atomic E-state index is 13.0. The van der Waals surface area contributed by atoms with E-state index >= 15 is 0 Å². The summed E-state index contributed by atoms with van der Waals surface area (Å²) in [5, 5.41) is 5.41. The predicted molar refractivity (Wildman–Crippen MR) is 140 cm³/mol. The highest BCUT2D eigenvalue weighted by atomic mass is 35.5. The van der Waals surface area contributed by atoms with E-state index in [1.807, 2.05) is 42.5 Å². The number of hydrogen-bond donors (Lipinski definition) is 1. The van der Waals surface area contributed by atoms with Gasteiger partial charge < -0.3 is 14.8 Å². The van der Waals surface area contributed by atoms with Gasteiger partial charge in [-0.05, 0) is 48.0 Å². The monoisotopic (exact) mass is 499 g/mol. The fourth-order valence-electron chi connectivity index (χ4n) is 4.03. The molecule has 0 saturated carbocycles. The first kappa shape index (κ1) is 23.4. The van der Waals surface area contributed by atoms with Gasteiger partial charge in [-0.15, -0.1) is 0 Å². The second-order valence-electron chi connectivity index (χ2n) is 7.99. The first-order valence-corrected chi connectivity index (χ1v) is 11.8. The van der Waals surface area contributed by atoms with Gasteiger partial charge in [-0.1, -0.05) is 60.1 Å². The number of carbonyl (C=O) groups excluding carboxylic acids is 2. The third kappa shape index (κ3) is 4.74. The molecule has 3 aromatic carbocycles. The largest absolute Gasteiger partial charge is 0.465 e. The molecule has 0 unspecified atom stereocenters. The van der Waals surface area contributed by atoms with Crippen molar-refractivity contribution in [1.82, 2.24) is 9.38 Å². The molecule has 2 heterocycles. The topological polar surface area (TPSA) is 81.9 Å². The standard InChI is InChI=1S/C28H22ClN3O4/c1-2-35-25(33)16-30-27-26(31-24-14-13-20(29)17-32(24)27)19-9-5-10-21(15-19)36-28(34)23-12-6-8-18-7-3-4-11-22(18)23/h3-15,17,30H,2,16H2,1H3. The molecule has 7 nitrogen and oxygen atoms in total. The molecule has 0 aliphatic rings. The number of esters is 2. The number of aromatic nitrogens is 2. The molecule has 0 atom stereocenters. The zero-order chi connectivity index (χ0) is 25.1. The van der Waals surface area contributed by atoms with Gasteiger partial charge in [0.25, 0.3) is 0 Å². The fraction of sp³-hybridized carbons (Fsp3) is 0.107. The van der Waals surface area contributed by atoms with Gasteiger partial charge in [-0.3, -0.25) is 9.20 Å². The lowest BCUT2D eigenvalue weighted by Gasteiger charge is -2.10. The van der Waals surface area contributed by atoms with Crippen LogP contribution in [0.3, 0.4) is 0 Å². The van der Waals surface area contributed by atoms with Gasteiger partial charge in [0, 0.05) is 11.8 Å². The van der Waals surface area contributed by atoms with E-state index in [0.29, 0.717) is 39.1 Å². The normalized spacial score (nSPS) is 10.9. The summed E-state index contributed by atoms with van der Waals surface area (Å²) in [7, 11) is 0. The SMILES string of the molecule is CCOC(=O)CNc1c(-c2cccc(OC(=O)c3cccc4ccccc34)c2)nc2ccc(Cl)cn12. The van der Waals surface area contributed by atoms with E-state index in [1.165, 1.54) is 0 Å². The number of halogens is 1. The number of imidazole rings is 1. The van der Waals surface area contributed by atoms with Crippen molar-refractivity contribution in [2.75, 3.05) is 18.5 Å². The van der Waals surface area contributed by atoms with Gasteiger partial charge in [-0.2, -0.15) is 0 Å². The van der Waals surface area contributed by atoms with E-state index in [1.54, 1.807) is 53.9 Å². The molecule has 0 aliphatic carbocycles. The highest BCUT2D eigenvalue weighted by Gasteiger charge is 2.18. The second-order valence-corrected chi connectivity index (χ2v) is 8.42. The zero-order valence-electron chi connectivity index (χ0n) is 19.4. The van der Waals surface area contributed by atoms with E-state index in [9.17, 15) is 9.59 Å². The average Bonchev–Trinajstić information content (AvgIpc) is 3.25. The number of nitrogens with zero attached hydrogens (tertiary/aromatic N) is 2. The number of rotatable bonds is 7. The number of anilines is 1. The minimum absolute atomic E-state index is 0.0447. The molecule has 8 heteroatoms. The predicted octanol–water partition coefficient (Wildman–Crippen LogP) is 6.00. The maximum Gasteiger partial charge on any atom is 0.344 e. The van der Waals surface area contributed by atoms with E-state index < -0.39 is 11.9 Å². The van der Waals surface area contributed by atoms with Gasteiger partial charge in [-0.25, -0.2) is 9.78 Å². The molecular formula is C28H22ClN3O4. The summed E-state index contributed by atoms with van der Waals surface area (Å²) in [5.41, 5.74) is 2.39. The molecule has 2 aromatic heterocycles. The van der Waals surface area contributed by atoms with Crippen LogP contribution in [0.5, 0.6) is 5.75 Å². The third-order valence-corrected chi connectivity index (χ3v) is 5.84. The van der Waals surface area contributed by atoms with Gasteiger partial charge >= 0.3 is 11.9 Å². The van der Waals surface area contributed by atoms with Crippen LogP contribution < -0.4 is 10.1 Å². The van der Waals surface area contributed by atoms with Crippen LogP contribution in [0.1, 0.15) is 17.3 Å². The van der Waals surface area contributed by atoms with Crippen LogP contribution in [0, 0.1) is 0 Å². The molecule has 0 bridgehead atoms. The number of ether oxygens (including phenoxy) is 2. The number of hydrogen-bond acceptors (Lipinski definition) is 6. The van der Waals surface area contributed by atoms with E-state index in [2.05, 4.69) is 5.32 Å². The summed E-state index contributed by atoms with van der Waals surface area (Å²) in [5.74, 6) is 0.0968. The Labute approximate surface area is 212 Å². The van der Waals surface area contributed by atoms with Crippen molar-refractivity contribution in [2.24, 2.45) is 0 Å².